The lowest BCUT2D eigenvalue weighted by Crippen LogP contribution is -2.02. The third kappa shape index (κ3) is 4.91. The molecule has 0 spiro atoms. The first-order chi connectivity index (χ1) is 8.77. The van der Waals surface area contributed by atoms with Crippen LogP contribution >= 0.6 is 0 Å². The van der Waals surface area contributed by atoms with Gasteiger partial charge in [-0.05, 0) is 37.1 Å². The van der Waals surface area contributed by atoms with Crippen LogP contribution in [0.15, 0.2) is 37.1 Å². The van der Waals surface area contributed by atoms with E-state index in [1.807, 2.05) is 0 Å². The van der Waals surface area contributed by atoms with Gasteiger partial charge < -0.3 is 14.2 Å². The topological polar surface area (TPSA) is 44.8 Å². The molecule has 0 aromatic heterocycles. The Hall–Kier alpha value is -1.97. The molecule has 0 aliphatic heterocycles. The van der Waals surface area contributed by atoms with E-state index in [4.69, 9.17) is 9.47 Å². The summed E-state index contributed by atoms with van der Waals surface area (Å²) in [4.78, 5) is 11.2. The summed E-state index contributed by atoms with van der Waals surface area (Å²) < 4.78 is 15.1. The molecule has 0 aliphatic rings. The summed E-state index contributed by atoms with van der Waals surface area (Å²) in [5.41, 5.74) is 0.518. The second-order valence-electron chi connectivity index (χ2n) is 3.61. The average Bonchev–Trinajstić information content (AvgIpc) is 2.42. The minimum atomic E-state index is -0.344. The average molecular weight is 250 g/mol. The van der Waals surface area contributed by atoms with Crippen molar-refractivity contribution in [3.8, 4) is 5.75 Å². The van der Waals surface area contributed by atoms with Crippen molar-refractivity contribution >= 4 is 5.97 Å². The Bertz CT molecular complexity index is 370. The van der Waals surface area contributed by atoms with Gasteiger partial charge in [0.25, 0.3) is 0 Å². The number of carbonyl (C=O) groups is 1. The Morgan fingerprint density at radius 2 is 1.89 bits per heavy atom. The quantitative estimate of drug-likeness (QED) is 0.404. The van der Waals surface area contributed by atoms with Gasteiger partial charge in [0.2, 0.25) is 0 Å². The highest BCUT2D eigenvalue weighted by Gasteiger charge is 2.04. The Morgan fingerprint density at radius 1 is 1.22 bits per heavy atom. The van der Waals surface area contributed by atoms with E-state index in [1.165, 1.54) is 13.4 Å². The standard InChI is InChI=1S/C14H18O4/c1-3-17-10-4-5-11-18-13-8-6-12(7-9-13)14(15)16-2/h3,6-9H,1,4-5,10-11H2,2H3. The number of rotatable bonds is 8. The van der Waals surface area contributed by atoms with Gasteiger partial charge in [-0.15, -0.1) is 0 Å². The first kappa shape index (κ1) is 14.1. The smallest absolute Gasteiger partial charge is 0.337 e. The zero-order valence-corrected chi connectivity index (χ0v) is 10.6. The summed E-state index contributed by atoms with van der Waals surface area (Å²) in [5.74, 6) is 0.399. The van der Waals surface area contributed by atoms with Crippen molar-refractivity contribution in [2.45, 2.75) is 12.8 Å². The van der Waals surface area contributed by atoms with Gasteiger partial charge in [-0.1, -0.05) is 6.58 Å². The number of unbranched alkanes of at least 4 members (excludes halogenated alkanes) is 1. The van der Waals surface area contributed by atoms with Crippen molar-refractivity contribution < 1.29 is 19.0 Å². The molecule has 0 unspecified atom stereocenters. The highest BCUT2D eigenvalue weighted by atomic mass is 16.5. The van der Waals surface area contributed by atoms with E-state index in [2.05, 4.69) is 11.3 Å². The minimum Gasteiger partial charge on any atom is -0.502 e. The number of ether oxygens (including phenoxy) is 3. The summed E-state index contributed by atoms with van der Waals surface area (Å²) in [6.45, 7) is 4.75. The van der Waals surface area contributed by atoms with Crippen molar-refractivity contribution in [2.24, 2.45) is 0 Å². The molecular weight excluding hydrogens is 232 g/mol. The van der Waals surface area contributed by atoms with Gasteiger partial charge >= 0.3 is 5.97 Å². The molecule has 0 amide bonds. The predicted molar refractivity (Wildman–Crippen MR) is 68.7 cm³/mol. The molecule has 98 valence electrons. The fourth-order valence-electron chi connectivity index (χ4n) is 1.37. The van der Waals surface area contributed by atoms with Crippen LogP contribution in [0, 0.1) is 0 Å². The van der Waals surface area contributed by atoms with Crippen molar-refractivity contribution in [2.75, 3.05) is 20.3 Å². The molecule has 4 heteroatoms. The second-order valence-corrected chi connectivity index (χ2v) is 3.61. The van der Waals surface area contributed by atoms with E-state index in [9.17, 15) is 4.79 Å². The van der Waals surface area contributed by atoms with Crippen molar-refractivity contribution in [1.29, 1.82) is 0 Å². The van der Waals surface area contributed by atoms with Crippen LogP contribution in [0.5, 0.6) is 5.75 Å². The Morgan fingerprint density at radius 3 is 2.50 bits per heavy atom. The van der Waals surface area contributed by atoms with E-state index < -0.39 is 0 Å². The maximum Gasteiger partial charge on any atom is 0.337 e. The second kappa shape index (κ2) is 8.17. The maximum atomic E-state index is 11.2. The number of methoxy groups -OCH3 is 1. The van der Waals surface area contributed by atoms with Gasteiger partial charge in [-0.2, -0.15) is 0 Å². The molecule has 0 N–H and O–H groups in total. The first-order valence-electron chi connectivity index (χ1n) is 5.81. The fourth-order valence-corrected chi connectivity index (χ4v) is 1.37. The van der Waals surface area contributed by atoms with Gasteiger partial charge in [0.1, 0.15) is 5.75 Å². The number of hydrogen-bond acceptors (Lipinski definition) is 4. The number of carbonyl (C=O) groups excluding carboxylic acids is 1. The zero-order valence-electron chi connectivity index (χ0n) is 10.6. The van der Waals surface area contributed by atoms with Crippen molar-refractivity contribution in [1.82, 2.24) is 0 Å². The Balaban J connectivity index is 2.26. The minimum absolute atomic E-state index is 0.344. The van der Waals surface area contributed by atoms with E-state index in [0.717, 1.165) is 18.6 Å². The van der Waals surface area contributed by atoms with Crippen molar-refractivity contribution in [3.63, 3.8) is 0 Å². The molecule has 0 saturated heterocycles. The molecule has 1 aromatic carbocycles. The molecule has 18 heavy (non-hydrogen) atoms. The largest absolute Gasteiger partial charge is 0.502 e. The van der Waals surface area contributed by atoms with Gasteiger partial charge in [0, 0.05) is 0 Å². The van der Waals surface area contributed by atoms with Gasteiger partial charge in [0.05, 0.1) is 32.1 Å². The third-order valence-corrected chi connectivity index (χ3v) is 2.32. The molecule has 0 radical (unpaired) electrons. The fraction of sp³-hybridized carbons (Fsp3) is 0.357. The Labute approximate surface area is 107 Å². The molecule has 0 fully saturated rings. The monoisotopic (exact) mass is 250 g/mol. The van der Waals surface area contributed by atoms with E-state index >= 15 is 0 Å². The first-order valence-corrected chi connectivity index (χ1v) is 5.81. The van der Waals surface area contributed by atoms with Crippen LogP contribution in [0.3, 0.4) is 0 Å². The van der Waals surface area contributed by atoms with E-state index in [-0.39, 0.29) is 5.97 Å². The molecule has 0 heterocycles. The van der Waals surface area contributed by atoms with E-state index in [1.54, 1.807) is 24.3 Å². The highest BCUT2D eigenvalue weighted by molar-refractivity contribution is 5.89. The molecular formula is C14H18O4. The summed E-state index contributed by atoms with van der Waals surface area (Å²) in [5, 5.41) is 0. The number of hydrogen-bond donors (Lipinski definition) is 0. The van der Waals surface area contributed by atoms with Crippen LogP contribution < -0.4 is 4.74 Å². The van der Waals surface area contributed by atoms with Crippen LogP contribution in [0.1, 0.15) is 23.2 Å². The molecule has 0 saturated carbocycles. The lowest BCUT2D eigenvalue weighted by atomic mass is 10.2. The van der Waals surface area contributed by atoms with E-state index in [0.29, 0.717) is 18.8 Å². The molecule has 1 aromatic rings. The van der Waals surface area contributed by atoms with Crippen LogP contribution in [0.2, 0.25) is 0 Å². The van der Waals surface area contributed by atoms with Crippen molar-refractivity contribution in [3.05, 3.63) is 42.7 Å². The predicted octanol–water partition coefficient (Wildman–Crippen LogP) is 2.79. The number of benzene rings is 1. The number of esters is 1. The molecule has 0 bridgehead atoms. The lowest BCUT2D eigenvalue weighted by Gasteiger charge is -2.06. The maximum absolute atomic E-state index is 11.2. The van der Waals surface area contributed by atoms with Gasteiger partial charge in [-0.3, -0.25) is 0 Å². The molecule has 0 atom stereocenters. The third-order valence-electron chi connectivity index (χ3n) is 2.32. The zero-order chi connectivity index (χ0) is 13.2. The highest BCUT2D eigenvalue weighted by Crippen LogP contribution is 2.13. The lowest BCUT2D eigenvalue weighted by molar-refractivity contribution is 0.0600. The van der Waals surface area contributed by atoms with Crippen LogP contribution in [-0.4, -0.2) is 26.3 Å². The molecule has 0 aliphatic carbocycles. The summed E-state index contributed by atoms with van der Waals surface area (Å²) >= 11 is 0. The summed E-state index contributed by atoms with van der Waals surface area (Å²) in [7, 11) is 1.36. The van der Waals surface area contributed by atoms with Gasteiger partial charge in [-0.25, -0.2) is 4.79 Å². The van der Waals surface area contributed by atoms with Crippen LogP contribution in [0.4, 0.5) is 0 Å². The normalized spacial score (nSPS) is 9.61. The SMILES string of the molecule is C=COCCCCOc1ccc(C(=O)OC)cc1. The van der Waals surface area contributed by atoms with Gasteiger partial charge in [0.15, 0.2) is 0 Å². The molecule has 4 nitrogen and oxygen atoms in total. The summed E-state index contributed by atoms with van der Waals surface area (Å²) in [6, 6.07) is 6.88. The molecule has 1 rings (SSSR count). The van der Waals surface area contributed by atoms with Crippen LogP contribution in [-0.2, 0) is 9.47 Å². The Kier molecular flexibility index (Phi) is 6.40. The summed E-state index contributed by atoms with van der Waals surface area (Å²) in [6.07, 6.45) is 3.27. The van der Waals surface area contributed by atoms with Crippen LogP contribution in [0.25, 0.3) is 0 Å².